The zero-order chi connectivity index (χ0) is 21.9. The van der Waals surface area contributed by atoms with Crippen molar-refractivity contribution in [2.45, 2.75) is 38.5 Å². The summed E-state index contributed by atoms with van der Waals surface area (Å²) in [5.41, 5.74) is 2.39. The minimum Gasteiger partial charge on any atom is -0.324 e. The third-order valence-corrected chi connectivity index (χ3v) is 5.06. The van der Waals surface area contributed by atoms with Gasteiger partial charge in [0.2, 0.25) is 11.8 Å². The Morgan fingerprint density at radius 3 is 2.40 bits per heavy atom. The first-order valence-electron chi connectivity index (χ1n) is 9.73. The van der Waals surface area contributed by atoms with Gasteiger partial charge >= 0.3 is 6.18 Å². The number of carbonyl (C=O) groups is 2. The number of nitrogens with zero attached hydrogens (tertiary/aromatic N) is 2. The standard InChI is InChI=1S/C22H24F3N3O2/c1-3-15-8-10-16(11-9-15)13-27(2)14-21(30)28-18-7-5-4-6-17(18)26-20(29)12-19(28)22(23,24)25/h4-11,19H,3,12-14H2,1-2H3,(H,26,29)/t19-/m0/s1. The summed E-state index contributed by atoms with van der Waals surface area (Å²) in [6, 6.07) is 11.7. The predicted molar refractivity (Wildman–Crippen MR) is 109 cm³/mol. The minimum absolute atomic E-state index is 0.0522. The van der Waals surface area contributed by atoms with Crippen molar-refractivity contribution in [1.29, 1.82) is 0 Å². The second-order valence-corrected chi connectivity index (χ2v) is 7.43. The van der Waals surface area contributed by atoms with Crippen LogP contribution in [0.3, 0.4) is 0 Å². The number of carbonyl (C=O) groups excluding carboxylic acids is 2. The van der Waals surface area contributed by atoms with Crippen LogP contribution in [0.1, 0.15) is 24.5 Å². The molecule has 1 aliphatic rings. The van der Waals surface area contributed by atoms with E-state index in [0.717, 1.165) is 12.0 Å². The van der Waals surface area contributed by atoms with E-state index in [1.165, 1.54) is 17.7 Å². The first kappa shape index (κ1) is 21.8. The Bertz CT molecular complexity index is 913. The molecule has 0 unspecified atom stereocenters. The van der Waals surface area contributed by atoms with Gasteiger partial charge in [0, 0.05) is 6.54 Å². The number of likely N-dealkylation sites (N-methyl/N-ethyl adjacent to an activating group) is 1. The topological polar surface area (TPSA) is 52.7 Å². The maximum atomic E-state index is 13.8. The normalized spacial score (nSPS) is 16.8. The van der Waals surface area contributed by atoms with E-state index in [9.17, 15) is 22.8 Å². The van der Waals surface area contributed by atoms with Gasteiger partial charge in [0.25, 0.3) is 0 Å². The summed E-state index contributed by atoms with van der Waals surface area (Å²) >= 11 is 0. The molecule has 0 aromatic heterocycles. The fraction of sp³-hybridized carbons (Fsp3) is 0.364. The fourth-order valence-electron chi connectivity index (χ4n) is 3.55. The molecule has 0 aliphatic carbocycles. The van der Waals surface area contributed by atoms with Crippen LogP contribution in [-0.4, -0.2) is 42.5 Å². The van der Waals surface area contributed by atoms with Crippen molar-refractivity contribution < 1.29 is 22.8 Å². The van der Waals surface area contributed by atoms with E-state index in [1.807, 2.05) is 24.3 Å². The number of rotatable bonds is 5. The van der Waals surface area contributed by atoms with E-state index in [4.69, 9.17) is 0 Å². The van der Waals surface area contributed by atoms with E-state index in [0.29, 0.717) is 11.4 Å². The number of hydrogen-bond donors (Lipinski definition) is 1. The van der Waals surface area contributed by atoms with Crippen LogP contribution in [0.5, 0.6) is 0 Å². The molecule has 1 aliphatic heterocycles. The Kier molecular flexibility index (Phi) is 6.45. The van der Waals surface area contributed by atoms with E-state index >= 15 is 0 Å². The first-order chi connectivity index (χ1) is 14.2. The van der Waals surface area contributed by atoms with Crippen molar-refractivity contribution in [1.82, 2.24) is 4.90 Å². The van der Waals surface area contributed by atoms with Gasteiger partial charge in [-0.2, -0.15) is 13.2 Å². The van der Waals surface area contributed by atoms with Crippen molar-refractivity contribution in [3.8, 4) is 0 Å². The molecule has 0 spiro atoms. The Morgan fingerprint density at radius 1 is 1.13 bits per heavy atom. The largest absolute Gasteiger partial charge is 0.409 e. The van der Waals surface area contributed by atoms with Gasteiger partial charge in [-0.25, -0.2) is 0 Å². The summed E-state index contributed by atoms with van der Waals surface area (Å²) in [4.78, 5) is 27.4. The minimum atomic E-state index is -4.74. The van der Waals surface area contributed by atoms with Gasteiger partial charge in [0.05, 0.1) is 24.3 Å². The van der Waals surface area contributed by atoms with Gasteiger partial charge in [-0.1, -0.05) is 43.3 Å². The molecular formula is C22H24F3N3O2. The molecule has 1 heterocycles. The highest BCUT2D eigenvalue weighted by Gasteiger charge is 2.49. The number of fused-ring (bicyclic) bond motifs is 1. The Hall–Kier alpha value is -2.87. The second kappa shape index (κ2) is 8.87. The van der Waals surface area contributed by atoms with Crippen molar-refractivity contribution in [2.24, 2.45) is 0 Å². The zero-order valence-corrected chi connectivity index (χ0v) is 16.9. The Morgan fingerprint density at radius 2 is 1.77 bits per heavy atom. The molecule has 0 bridgehead atoms. The molecule has 0 saturated heterocycles. The molecule has 5 nitrogen and oxygen atoms in total. The summed E-state index contributed by atoms with van der Waals surface area (Å²) in [6.45, 7) is 2.25. The highest BCUT2D eigenvalue weighted by atomic mass is 19.4. The average molecular weight is 419 g/mol. The molecule has 2 amide bonds. The van der Waals surface area contributed by atoms with Crippen LogP contribution in [0.2, 0.25) is 0 Å². The number of hydrogen-bond acceptors (Lipinski definition) is 3. The van der Waals surface area contributed by atoms with Gasteiger partial charge in [-0.05, 0) is 36.7 Å². The summed E-state index contributed by atoms with van der Waals surface area (Å²) in [5, 5.41) is 2.47. The second-order valence-electron chi connectivity index (χ2n) is 7.43. The van der Waals surface area contributed by atoms with E-state index in [-0.39, 0.29) is 17.9 Å². The summed E-state index contributed by atoms with van der Waals surface area (Å²) in [7, 11) is 1.68. The molecule has 3 rings (SSSR count). The van der Waals surface area contributed by atoms with E-state index < -0.39 is 30.5 Å². The fourth-order valence-corrected chi connectivity index (χ4v) is 3.55. The lowest BCUT2D eigenvalue weighted by Crippen LogP contribution is -2.52. The summed E-state index contributed by atoms with van der Waals surface area (Å²) < 4.78 is 41.3. The summed E-state index contributed by atoms with van der Waals surface area (Å²) in [6.07, 6.45) is -4.67. The molecule has 0 fully saturated rings. The molecule has 30 heavy (non-hydrogen) atoms. The Balaban J connectivity index is 1.84. The van der Waals surface area contributed by atoms with Crippen molar-refractivity contribution in [2.75, 3.05) is 23.8 Å². The van der Waals surface area contributed by atoms with E-state index in [2.05, 4.69) is 12.2 Å². The molecule has 1 N–H and O–H groups in total. The van der Waals surface area contributed by atoms with E-state index in [1.54, 1.807) is 24.1 Å². The number of anilines is 2. The lowest BCUT2D eigenvalue weighted by Gasteiger charge is -2.33. The number of amides is 2. The van der Waals surface area contributed by atoms with Crippen LogP contribution in [0.25, 0.3) is 0 Å². The highest BCUT2D eigenvalue weighted by Crippen LogP contribution is 2.37. The smallest absolute Gasteiger partial charge is 0.324 e. The average Bonchev–Trinajstić information content (AvgIpc) is 2.84. The van der Waals surface area contributed by atoms with Crippen LogP contribution < -0.4 is 10.2 Å². The monoisotopic (exact) mass is 419 g/mol. The zero-order valence-electron chi connectivity index (χ0n) is 16.9. The number of aryl methyl sites for hydroxylation is 1. The maximum Gasteiger partial charge on any atom is 0.409 e. The number of benzene rings is 2. The van der Waals surface area contributed by atoms with Crippen molar-refractivity contribution in [3.63, 3.8) is 0 Å². The van der Waals surface area contributed by atoms with Gasteiger partial charge in [0.15, 0.2) is 0 Å². The molecule has 0 radical (unpaired) electrons. The van der Waals surface area contributed by atoms with Gasteiger partial charge in [-0.3, -0.25) is 19.4 Å². The third-order valence-electron chi connectivity index (χ3n) is 5.06. The molecule has 160 valence electrons. The van der Waals surface area contributed by atoms with Crippen LogP contribution in [0.4, 0.5) is 24.5 Å². The quantitative estimate of drug-likeness (QED) is 0.798. The molecular weight excluding hydrogens is 395 g/mol. The maximum absolute atomic E-state index is 13.8. The molecule has 0 saturated carbocycles. The highest BCUT2D eigenvalue weighted by molar-refractivity contribution is 6.05. The lowest BCUT2D eigenvalue weighted by atomic mass is 10.1. The molecule has 2 aromatic rings. The van der Waals surface area contributed by atoms with Crippen molar-refractivity contribution >= 4 is 23.2 Å². The lowest BCUT2D eigenvalue weighted by molar-refractivity contribution is -0.158. The third kappa shape index (κ3) is 4.99. The number of nitrogens with one attached hydrogen (secondary N) is 1. The first-order valence-corrected chi connectivity index (χ1v) is 9.73. The molecule has 8 heteroatoms. The van der Waals surface area contributed by atoms with Crippen LogP contribution >= 0.6 is 0 Å². The number of halogens is 3. The van der Waals surface area contributed by atoms with Crippen LogP contribution in [0.15, 0.2) is 48.5 Å². The summed E-state index contributed by atoms with van der Waals surface area (Å²) in [5.74, 6) is -1.49. The Labute approximate surface area is 173 Å². The van der Waals surface area contributed by atoms with Gasteiger partial charge < -0.3 is 5.32 Å². The van der Waals surface area contributed by atoms with Crippen molar-refractivity contribution in [3.05, 3.63) is 59.7 Å². The number of alkyl halides is 3. The predicted octanol–water partition coefficient (Wildman–Crippen LogP) is 3.99. The van der Waals surface area contributed by atoms with Crippen LogP contribution in [-0.2, 0) is 22.6 Å². The number of para-hydroxylation sites is 2. The SMILES string of the molecule is CCc1ccc(CN(C)CC(=O)N2c3ccccc3NC(=O)C[C@H]2C(F)(F)F)cc1. The van der Waals surface area contributed by atoms with Gasteiger partial charge in [-0.15, -0.1) is 0 Å². The molecule has 1 atom stereocenters. The van der Waals surface area contributed by atoms with Crippen LogP contribution in [0, 0.1) is 0 Å². The molecule has 2 aromatic carbocycles. The van der Waals surface area contributed by atoms with Gasteiger partial charge in [0.1, 0.15) is 6.04 Å².